The first-order valence-electron chi connectivity index (χ1n) is 7.88. The van der Waals surface area contributed by atoms with Gasteiger partial charge in [0, 0.05) is 18.1 Å². The summed E-state index contributed by atoms with van der Waals surface area (Å²) in [6.45, 7) is 1.84. The predicted octanol–water partition coefficient (Wildman–Crippen LogP) is 4.51. The summed E-state index contributed by atoms with van der Waals surface area (Å²) < 4.78 is 5.73. The molecule has 2 aromatic rings. The van der Waals surface area contributed by atoms with Crippen molar-refractivity contribution >= 4 is 11.6 Å². The van der Waals surface area contributed by atoms with Gasteiger partial charge in [0.1, 0.15) is 17.1 Å². The molecule has 0 aliphatic carbocycles. The molecule has 2 rings (SSSR count). The molecule has 4 heteroatoms. The molecule has 2 aromatic carbocycles. The number of aliphatic hydroxyl groups is 2. The minimum absolute atomic E-state index is 0.174. The van der Waals surface area contributed by atoms with Crippen molar-refractivity contribution in [3.63, 3.8) is 0 Å². The maximum Gasteiger partial charge on any atom is 0.148 e. The van der Waals surface area contributed by atoms with Gasteiger partial charge in [0.05, 0.1) is 0 Å². The zero-order valence-corrected chi connectivity index (χ0v) is 14.4. The molecule has 0 aromatic heterocycles. The zero-order valence-electron chi connectivity index (χ0n) is 13.6. The maximum atomic E-state index is 10.5. The Morgan fingerprint density at radius 2 is 1.58 bits per heavy atom. The molecule has 0 radical (unpaired) electrons. The summed E-state index contributed by atoms with van der Waals surface area (Å²) in [5.74, 6) is 7.21. The largest absolute Gasteiger partial charge is 0.457 e. The minimum atomic E-state index is -1.21. The fraction of sp³-hybridized carbons (Fsp3) is 0.300. The molecule has 0 bridgehead atoms. The lowest BCUT2D eigenvalue weighted by Gasteiger charge is -2.17. The average molecular weight is 345 g/mol. The highest BCUT2D eigenvalue weighted by atomic mass is 35.5. The summed E-state index contributed by atoms with van der Waals surface area (Å²) >= 11 is 5.85. The second kappa shape index (κ2) is 8.75. The van der Waals surface area contributed by atoms with Crippen LogP contribution in [-0.4, -0.2) is 16.8 Å². The highest BCUT2D eigenvalue weighted by molar-refractivity contribution is 6.30. The van der Waals surface area contributed by atoms with Gasteiger partial charge in [-0.1, -0.05) is 35.6 Å². The van der Waals surface area contributed by atoms with Gasteiger partial charge in [0.25, 0.3) is 0 Å². The van der Waals surface area contributed by atoms with Gasteiger partial charge in [0.15, 0.2) is 0 Å². The first-order chi connectivity index (χ1) is 11.5. The van der Waals surface area contributed by atoms with E-state index in [1.54, 1.807) is 55.5 Å². The molecule has 3 nitrogen and oxygen atoms in total. The number of ether oxygens (including phenoxy) is 1. The Bertz CT molecular complexity index is 694. The van der Waals surface area contributed by atoms with Crippen LogP contribution < -0.4 is 4.74 Å². The molecule has 2 N–H and O–H groups in total. The van der Waals surface area contributed by atoms with Crippen LogP contribution in [0.4, 0.5) is 0 Å². The summed E-state index contributed by atoms with van der Waals surface area (Å²) in [4.78, 5) is 0. The van der Waals surface area contributed by atoms with E-state index in [2.05, 4.69) is 11.8 Å². The maximum absolute atomic E-state index is 10.5. The van der Waals surface area contributed by atoms with Crippen LogP contribution in [0.25, 0.3) is 0 Å². The molecule has 0 aliphatic rings. The fourth-order valence-electron chi connectivity index (χ4n) is 2.12. The Balaban J connectivity index is 2.00. The van der Waals surface area contributed by atoms with Crippen molar-refractivity contribution in [2.24, 2.45) is 0 Å². The van der Waals surface area contributed by atoms with Crippen molar-refractivity contribution in [1.82, 2.24) is 0 Å². The number of hydrogen-bond donors (Lipinski definition) is 2. The van der Waals surface area contributed by atoms with E-state index < -0.39 is 5.60 Å². The molecule has 1 unspecified atom stereocenters. The second-order valence-corrected chi connectivity index (χ2v) is 6.07. The van der Waals surface area contributed by atoms with Crippen molar-refractivity contribution in [3.05, 3.63) is 59.1 Å². The molecule has 0 saturated heterocycles. The summed E-state index contributed by atoms with van der Waals surface area (Å²) in [6.07, 6.45) is 2.22. The van der Waals surface area contributed by atoms with E-state index in [-0.39, 0.29) is 6.61 Å². The Hall–Kier alpha value is -1.99. The quantitative estimate of drug-likeness (QED) is 0.599. The van der Waals surface area contributed by atoms with E-state index in [0.29, 0.717) is 28.5 Å². The van der Waals surface area contributed by atoms with E-state index in [1.165, 1.54) is 0 Å². The van der Waals surface area contributed by atoms with Crippen LogP contribution in [0.2, 0.25) is 5.02 Å². The normalized spacial score (nSPS) is 12.8. The molecule has 24 heavy (non-hydrogen) atoms. The summed E-state index contributed by atoms with van der Waals surface area (Å²) in [5, 5.41) is 19.9. The van der Waals surface area contributed by atoms with Gasteiger partial charge in [-0.25, -0.2) is 0 Å². The number of aliphatic hydroxyl groups excluding tert-OH is 1. The van der Waals surface area contributed by atoms with Crippen LogP contribution >= 0.6 is 11.6 Å². The third-order valence-corrected chi connectivity index (χ3v) is 3.76. The predicted molar refractivity (Wildman–Crippen MR) is 96.3 cm³/mol. The summed E-state index contributed by atoms with van der Waals surface area (Å²) in [7, 11) is 0. The third kappa shape index (κ3) is 5.58. The zero-order chi connectivity index (χ0) is 17.4. The van der Waals surface area contributed by atoms with Gasteiger partial charge in [-0.3, -0.25) is 0 Å². The number of hydrogen-bond acceptors (Lipinski definition) is 3. The third-order valence-electron chi connectivity index (χ3n) is 3.51. The Morgan fingerprint density at radius 1 is 1.00 bits per heavy atom. The molecule has 0 amide bonds. The van der Waals surface area contributed by atoms with Crippen molar-refractivity contribution < 1.29 is 14.9 Å². The number of rotatable bonds is 6. The molecule has 0 fully saturated rings. The van der Waals surface area contributed by atoms with E-state index in [9.17, 15) is 5.11 Å². The first-order valence-corrected chi connectivity index (χ1v) is 8.26. The van der Waals surface area contributed by atoms with E-state index in [0.717, 1.165) is 12.8 Å². The Morgan fingerprint density at radius 3 is 2.17 bits per heavy atom. The molecular formula is C20H21ClO3. The number of unbranched alkanes of at least 4 members (excludes halogenated alkanes) is 2. The molecule has 0 spiro atoms. The van der Waals surface area contributed by atoms with Crippen molar-refractivity contribution in [1.29, 1.82) is 0 Å². The molecule has 126 valence electrons. The molecule has 0 aliphatic heterocycles. The lowest BCUT2D eigenvalue weighted by molar-refractivity contribution is 0.122. The van der Waals surface area contributed by atoms with Crippen molar-refractivity contribution in [2.75, 3.05) is 6.61 Å². The molecule has 0 heterocycles. The van der Waals surface area contributed by atoms with Gasteiger partial charge in [-0.05, 0) is 61.7 Å². The van der Waals surface area contributed by atoms with E-state index in [1.807, 2.05) is 0 Å². The molecule has 1 atom stereocenters. The Kier molecular flexibility index (Phi) is 6.69. The smallest absolute Gasteiger partial charge is 0.148 e. The highest BCUT2D eigenvalue weighted by Gasteiger charge is 2.19. The minimum Gasteiger partial charge on any atom is -0.457 e. The molecule has 0 saturated carbocycles. The van der Waals surface area contributed by atoms with Crippen molar-refractivity contribution in [2.45, 2.75) is 31.8 Å². The standard InChI is InChI=1S/C20H21ClO3/c1-20(23,14-4-2-3-5-15-22)16-6-10-18(11-7-16)24-19-12-8-17(21)9-13-19/h6-13,22-23H,2-3,5,15H2,1H3. The van der Waals surface area contributed by atoms with Gasteiger partial charge < -0.3 is 14.9 Å². The van der Waals surface area contributed by atoms with E-state index in [4.69, 9.17) is 21.4 Å². The monoisotopic (exact) mass is 344 g/mol. The van der Waals surface area contributed by atoms with Gasteiger partial charge in [-0.15, -0.1) is 0 Å². The lowest BCUT2D eigenvalue weighted by atomic mass is 9.96. The van der Waals surface area contributed by atoms with Crippen LogP contribution in [0.1, 0.15) is 31.7 Å². The summed E-state index contributed by atoms with van der Waals surface area (Å²) in [6, 6.07) is 14.3. The summed E-state index contributed by atoms with van der Waals surface area (Å²) in [5.41, 5.74) is -0.501. The second-order valence-electron chi connectivity index (χ2n) is 5.64. The highest BCUT2D eigenvalue weighted by Crippen LogP contribution is 2.26. The van der Waals surface area contributed by atoms with Gasteiger partial charge in [0.2, 0.25) is 0 Å². The first kappa shape index (κ1) is 18.4. The van der Waals surface area contributed by atoms with Crippen LogP contribution in [0.5, 0.6) is 11.5 Å². The van der Waals surface area contributed by atoms with Crippen LogP contribution in [0.3, 0.4) is 0 Å². The number of halogens is 1. The van der Waals surface area contributed by atoms with Crippen LogP contribution in [0.15, 0.2) is 48.5 Å². The molecular weight excluding hydrogens is 324 g/mol. The average Bonchev–Trinajstić information content (AvgIpc) is 2.57. The topological polar surface area (TPSA) is 49.7 Å². The number of benzene rings is 2. The Labute approximate surface area is 147 Å². The van der Waals surface area contributed by atoms with E-state index >= 15 is 0 Å². The van der Waals surface area contributed by atoms with Crippen molar-refractivity contribution in [3.8, 4) is 23.3 Å². The van der Waals surface area contributed by atoms with Gasteiger partial charge in [-0.2, -0.15) is 0 Å². The van der Waals surface area contributed by atoms with Gasteiger partial charge >= 0.3 is 0 Å². The van der Waals surface area contributed by atoms with Crippen LogP contribution in [0, 0.1) is 11.8 Å². The fourth-order valence-corrected chi connectivity index (χ4v) is 2.24. The SMILES string of the molecule is CC(O)(C#CCCCCO)c1ccc(Oc2ccc(Cl)cc2)cc1. The lowest BCUT2D eigenvalue weighted by Crippen LogP contribution is -2.18. The van der Waals surface area contributed by atoms with Crippen LogP contribution in [-0.2, 0) is 5.60 Å².